The molecule has 0 aromatic heterocycles. The van der Waals surface area contributed by atoms with Crippen LogP contribution in [0.3, 0.4) is 0 Å². The number of methoxy groups -OCH3 is 1. The first-order chi connectivity index (χ1) is 13.9. The molecule has 0 fully saturated rings. The van der Waals surface area contributed by atoms with Crippen molar-refractivity contribution in [2.24, 2.45) is 0 Å². The number of phenolic OH excluding ortho intramolecular Hbond substituents is 1. The van der Waals surface area contributed by atoms with Gasteiger partial charge in [-0.1, -0.05) is 12.1 Å². The van der Waals surface area contributed by atoms with E-state index >= 15 is 0 Å². The average molecular weight is 400 g/mol. The normalized spacial score (nSPS) is 15.0. The molecule has 0 bridgehead atoms. The summed E-state index contributed by atoms with van der Waals surface area (Å²) < 4.78 is 15.7. The molecule has 0 saturated carbocycles. The highest BCUT2D eigenvalue weighted by Gasteiger charge is 2.33. The summed E-state index contributed by atoms with van der Waals surface area (Å²) in [5.74, 6) is -1.34. The van der Waals surface area contributed by atoms with Crippen molar-refractivity contribution in [1.82, 2.24) is 5.32 Å². The lowest BCUT2D eigenvalue weighted by molar-refractivity contribution is -0.128. The van der Waals surface area contributed by atoms with Gasteiger partial charge in [0.2, 0.25) is 0 Å². The summed E-state index contributed by atoms with van der Waals surface area (Å²) in [4.78, 5) is 38.3. The standard InChI is InChI=1S/C20H20N2O7/c1-21-19(25)17-10-22(14-5-3-4-6-16(14)29-17)18(24)11-28-20(26)13-8-7-12(27-2)9-15(13)23/h3-9,17,23H,10-11H2,1-2H3,(H,21,25). The van der Waals surface area contributed by atoms with E-state index in [1.807, 2.05) is 0 Å². The Labute approximate surface area is 166 Å². The molecule has 29 heavy (non-hydrogen) atoms. The quantitative estimate of drug-likeness (QED) is 0.722. The lowest BCUT2D eigenvalue weighted by Gasteiger charge is -2.33. The summed E-state index contributed by atoms with van der Waals surface area (Å²) in [5, 5.41) is 12.4. The molecule has 1 unspecified atom stereocenters. The highest BCUT2D eigenvalue weighted by Crippen LogP contribution is 2.33. The Morgan fingerprint density at radius 1 is 1.24 bits per heavy atom. The molecule has 152 valence electrons. The molecule has 9 heteroatoms. The van der Waals surface area contributed by atoms with Crippen molar-refractivity contribution >= 4 is 23.5 Å². The maximum Gasteiger partial charge on any atom is 0.342 e. The van der Waals surface area contributed by atoms with Crippen molar-refractivity contribution in [2.75, 3.05) is 32.2 Å². The number of aromatic hydroxyl groups is 1. The molecule has 2 aromatic rings. The number of anilines is 1. The summed E-state index contributed by atoms with van der Waals surface area (Å²) in [6.07, 6.45) is -0.889. The molecule has 1 aliphatic heterocycles. The lowest BCUT2D eigenvalue weighted by atomic mass is 10.1. The fourth-order valence-electron chi connectivity index (χ4n) is 2.86. The smallest absolute Gasteiger partial charge is 0.342 e. The molecule has 0 aliphatic carbocycles. The van der Waals surface area contributed by atoms with E-state index in [2.05, 4.69) is 5.32 Å². The molecular weight excluding hydrogens is 380 g/mol. The number of esters is 1. The maximum absolute atomic E-state index is 12.7. The third kappa shape index (κ3) is 4.23. The number of nitrogens with one attached hydrogen (secondary N) is 1. The van der Waals surface area contributed by atoms with Crippen LogP contribution in [0.5, 0.6) is 17.2 Å². The van der Waals surface area contributed by atoms with Gasteiger partial charge in [-0.15, -0.1) is 0 Å². The van der Waals surface area contributed by atoms with Gasteiger partial charge in [-0.2, -0.15) is 0 Å². The zero-order chi connectivity index (χ0) is 21.0. The second-order valence-electron chi connectivity index (χ2n) is 6.15. The van der Waals surface area contributed by atoms with Crippen LogP contribution in [0.25, 0.3) is 0 Å². The average Bonchev–Trinajstić information content (AvgIpc) is 2.75. The Kier molecular flexibility index (Phi) is 5.87. The molecule has 0 radical (unpaired) electrons. The zero-order valence-electron chi connectivity index (χ0n) is 15.9. The van der Waals surface area contributed by atoms with Crippen LogP contribution in [0.4, 0.5) is 5.69 Å². The van der Waals surface area contributed by atoms with Gasteiger partial charge in [0.05, 0.1) is 19.3 Å². The lowest BCUT2D eigenvalue weighted by Crippen LogP contribution is -2.51. The summed E-state index contributed by atoms with van der Waals surface area (Å²) in [6, 6.07) is 10.9. The molecule has 1 atom stereocenters. The van der Waals surface area contributed by atoms with Crippen molar-refractivity contribution in [3.05, 3.63) is 48.0 Å². The van der Waals surface area contributed by atoms with Crippen LogP contribution >= 0.6 is 0 Å². The number of likely N-dealkylation sites (N-methyl/N-ethyl adjacent to an activating group) is 1. The first-order valence-corrected chi connectivity index (χ1v) is 8.76. The number of hydrogen-bond acceptors (Lipinski definition) is 7. The predicted molar refractivity (Wildman–Crippen MR) is 102 cm³/mol. The van der Waals surface area contributed by atoms with E-state index in [0.717, 1.165) is 0 Å². The molecule has 0 saturated heterocycles. The Balaban J connectivity index is 1.72. The molecule has 0 spiro atoms. The maximum atomic E-state index is 12.7. The number of nitrogens with zero attached hydrogens (tertiary/aromatic N) is 1. The summed E-state index contributed by atoms with van der Waals surface area (Å²) in [7, 11) is 2.90. The number of carbonyl (C=O) groups excluding carboxylic acids is 3. The van der Waals surface area contributed by atoms with Crippen molar-refractivity contribution in [1.29, 1.82) is 0 Å². The second-order valence-corrected chi connectivity index (χ2v) is 6.15. The molecular formula is C20H20N2O7. The van der Waals surface area contributed by atoms with E-state index in [-0.39, 0.29) is 23.8 Å². The summed E-state index contributed by atoms with van der Waals surface area (Å²) in [6.45, 7) is -0.597. The van der Waals surface area contributed by atoms with Gasteiger partial charge in [0.1, 0.15) is 22.8 Å². The van der Waals surface area contributed by atoms with Crippen molar-refractivity contribution in [3.63, 3.8) is 0 Å². The van der Waals surface area contributed by atoms with Crippen LogP contribution in [0.1, 0.15) is 10.4 Å². The fourth-order valence-corrected chi connectivity index (χ4v) is 2.86. The van der Waals surface area contributed by atoms with Gasteiger partial charge in [-0.25, -0.2) is 4.79 Å². The van der Waals surface area contributed by atoms with Gasteiger partial charge in [0.25, 0.3) is 11.8 Å². The molecule has 2 amide bonds. The fraction of sp³-hybridized carbons (Fsp3) is 0.250. The van der Waals surface area contributed by atoms with Gasteiger partial charge in [0, 0.05) is 13.1 Å². The number of para-hydroxylation sites is 2. The second kappa shape index (κ2) is 8.51. The molecule has 9 nitrogen and oxygen atoms in total. The van der Waals surface area contributed by atoms with Gasteiger partial charge in [-0.05, 0) is 24.3 Å². The van der Waals surface area contributed by atoms with Crippen LogP contribution < -0.4 is 19.7 Å². The predicted octanol–water partition coefficient (Wildman–Crippen LogP) is 1.10. The minimum absolute atomic E-state index is 0.0269. The first-order valence-electron chi connectivity index (χ1n) is 8.76. The van der Waals surface area contributed by atoms with E-state index < -0.39 is 24.6 Å². The van der Waals surface area contributed by atoms with Crippen molar-refractivity contribution in [2.45, 2.75) is 6.10 Å². The van der Waals surface area contributed by atoms with E-state index in [4.69, 9.17) is 14.2 Å². The number of phenols is 1. The molecule has 1 heterocycles. The Bertz CT molecular complexity index is 944. The minimum atomic E-state index is -0.889. The highest BCUT2D eigenvalue weighted by atomic mass is 16.5. The molecule has 1 aliphatic rings. The Morgan fingerprint density at radius 3 is 2.69 bits per heavy atom. The van der Waals surface area contributed by atoms with E-state index in [1.165, 1.54) is 37.3 Å². The third-order valence-corrected chi connectivity index (χ3v) is 4.37. The van der Waals surface area contributed by atoms with E-state index in [0.29, 0.717) is 17.2 Å². The summed E-state index contributed by atoms with van der Waals surface area (Å²) >= 11 is 0. The Hall–Kier alpha value is -3.75. The Morgan fingerprint density at radius 2 is 2.00 bits per heavy atom. The number of ether oxygens (including phenoxy) is 3. The monoisotopic (exact) mass is 400 g/mol. The van der Waals surface area contributed by atoms with E-state index in [9.17, 15) is 19.5 Å². The molecule has 2 aromatic carbocycles. The van der Waals surface area contributed by atoms with Gasteiger partial charge >= 0.3 is 5.97 Å². The molecule has 2 N–H and O–H groups in total. The van der Waals surface area contributed by atoms with Crippen LogP contribution in [0.15, 0.2) is 42.5 Å². The van der Waals surface area contributed by atoms with Crippen LogP contribution in [0, 0.1) is 0 Å². The SMILES string of the molecule is CNC(=O)C1CN(C(=O)COC(=O)c2ccc(OC)cc2O)c2ccccc2O1. The van der Waals surface area contributed by atoms with Gasteiger partial charge in [0.15, 0.2) is 12.7 Å². The third-order valence-electron chi connectivity index (χ3n) is 4.37. The number of amides is 2. The van der Waals surface area contributed by atoms with E-state index in [1.54, 1.807) is 24.3 Å². The van der Waals surface area contributed by atoms with Crippen LogP contribution in [-0.4, -0.2) is 56.3 Å². The number of benzene rings is 2. The number of fused-ring (bicyclic) bond motifs is 1. The zero-order valence-corrected chi connectivity index (χ0v) is 15.9. The van der Waals surface area contributed by atoms with Gasteiger partial charge < -0.3 is 29.5 Å². The number of hydrogen-bond donors (Lipinski definition) is 2. The highest BCUT2D eigenvalue weighted by molar-refractivity contribution is 6.00. The minimum Gasteiger partial charge on any atom is -0.507 e. The number of rotatable bonds is 5. The van der Waals surface area contributed by atoms with Crippen LogP contribution in [0.2, 0.25) is 0 Å². The van der Waals surface area contributed by atoms with Crippen molar-refractivity contribution in [3.8, 4) is 17.2 Å². The first kappa shape index (κ1) is 20.0. The summed E-state index contributed by atoms with van der Waals surface area (Å²) in [5.41, 5.74) is 0.380. The number of carbonyl (C=O) groups is 3. The molecule has 3 rings (SSSR count). The van der Waals surface area contributed by atoms with Crippen molar-refractivity contribution < 1.29 is 33.7 Å². The van der Waals surface area contributed by atoms with Gasteiger partial charge in [-0.3, -0.25) is 9.59 Å². The largest absolute Gasteiger partial charge is 0.507 e. The van der Waals surface area contributed by atoms with Crippen LogP contribution in [-0.2, 0) is 14.3 Å². The topological polar surface area (TPSA) is 114 Å².